The molecule has 1 heterocycles. The van der Waals surface area contributed by atoms with E-state index in [-0.39, 0.29) is 41.4 Å². The van der Waals surface area contributed by atoms with Gasteiger partial charge in [-0.05, 0) is 94.9 Å². The molecule has 5 aliphatic rings. The van der Waals surface area contributed by atoms with E-state index in [1.807, 2.05) is 6.92 Å². The maximum absolute atomic E-state index is 13.2. The molecule has 2 aromatic rings. The largest absolute Gasteiger partial charge is 0.322 e. The zero-order valence-electron chi connectivity index (χ0n) is 17.2. The highest BCUT2D eigenvalue weighted by Gasteiger charge is 2.67. The fourth-order valence-corrected chi connectivity index (χ4v) is 6.55. The topological polar surface area (TPSA) is 66.5 Å². The number of imide groups is 1. The predicted molar refractivity (Wildman–Crippen MR) is 125 cm³/mol. The number of hydrogen-bond acceptors (Lipinski definition) is 3. The quantitative estimate of drug-likeness (QED) is 0.454. The second-order valence-electron chi connectivity index (χ2n) is 9.20. The lowest BCUT2D eigenvalue weighted by Crippen LogP contribution is -2.40. The number of halogens is 2. The van der Waals surface area contributed by atoms with Crippen LogP contribution in [-0.2, 0) is 9.59 Å². The Morgan fingerprint density at radius 1 is 1.00 bits per heavy atom. The number of allylic oxidation sites excluding steroid dienone is 2. The number of carbonyl (C=O) groups excluding carboxylic acids is 3. The van der Waals surface area contributed by atoms with Crippen LogP contribution in [-0.4, -0.2) is 17.7 Å². The fraction of sp³-hybridized carbons (Fsp3) is 0.320. The average molecular weight is 512 g/mol. The van der Waals surface area contributed by atoms with Gasteiger partial charge in [0.2, 0.25) is 11.8 Å². The van der Waals surface area contributed by atoms with E-state index in [4.69, 9.17) is 11.6 Å². The minimum atomic E-state index is -0.284. The van der Waals surface area contributed by atoms with Gasteiger partial charge in [-0.1, -0.05) is 23.8 Å². The lowest BCUT2D eigenvalue weighted by atomic mass is 9.63. The van der Waals surface area contributed by atoms with Crippen molar-refractivity contribution < 1.29 is 14.4 Å². The summed E-state index contributed by atoms with van der Waals surface area (Å²) >= 11 is 9.62. The maximum atomic E-state index is 13.2. The van der Waals surface area contributed by atoms with Crippen LogP contribution in [0.25, 0.3) is 0 Å². The van der Waals surface area contributed by atoms with Crippen LogP contribution in [0.4, 0.5) is 11.4 Å². The van der Waals surface area contributed by atoms with Crippen molar-refractivity contribution in [2.75, 3.05) is 10.2 Å². The highest BCUT2D eigenvalue weighted by molar-refractivity contribution is 9.10. The summed E-state index contributed by atoms with van der Waals surface area (Å²) in [6.07, 6.45) is 5.47. The maximum Gasteiger partial charge on any atom is 0.255 e. The van der Waals surface area contributed by atoms with Crippen molar-refractivity contribution in [2.45, 2.75) is 13.3 Å². The number of anilines is 2. The van der Waals surface area contributed by atoms with Crippen LogP contribution in [0.15, 0.2) is 53.0 Å². The van der Waals surface area contributed by atoms with Gasteiger partial charge in [-0.25, -0.2) is 0 Å². The number of nitrogens with zero attached hydrogens (tertiary/aromatic N) is 1. The van der Waals surface area contributed by atoms with E-state index >= 15 is 0 Å². The Hall–Kier alpha value is -2.44. The van der Waals surface area contributed by atoms with Crippen LogP contribution < -0.4 is 10.2 Å². The Kier molecular flexibility index (Phi) is 4.43. The van der Waals surface area contributed by atoms with Gasteiger partial charge in [0.05, 0.1) is 22.5 Å². The van der Waals surface area contributed by atoms with Gasteiger partial charge >= 0.3 is 0 Å². The van der Waals surface area contributed by atoms with Gasteiger partial charge in [0.15, 0.2) is 0 Å². The first kappa shape index (κ1) is 20.2. The fourth-order valence-electron chi connectivity index (χ4n) is 5.96. The normalized spacial score (nSPS) is 31.5. The average Bonchev–Trinajstić information content (AvgIpc) is 3.58. The third kappa shape index (κ3) is 2.78. The third-order valence-electron chi connectivity index (χ3n) is 7.64. The molecule has 2 aromatic carbocycles. The van der Waals surface area contributed by atoms with Crippen molar-refractivity contribution in [3.63, 3.8) is 0 Å². The lowest BCUT2D eigenvalue weighted by Gasteiger charge is -2.37. The van der Waals surface area contributed by atoms with E-state index in [1.54, 1.807) is 36.4 Å². The summed E-state index contributed by atoms with van der Waals surface area (Å²) in [7, 11) is 0. The zero-order valence-corrected chi connectivity index (χ0v) is 19.6. The Morgan fingerprint density at radius 2 is 1.59 bits per heavy atom. The van der Waals surface area contributed by atoms with E-state index in [2.05, 4.69) is 33.4 Å². The van der Waals surface area contributed by atoms with Crippen LogP contribution in [0.5, 0.6) is 0 Å². The summed E-state index contributed by atoms with van der Waals surface area (Å²) in [6.45, 7) is 1.84. The first-order valence-corrected chi connectivity index (χ1v) is 12.0. The third-order valence-corrected chi connectivity index (χ3v) is 9.01. The van der Waals surface area contributed by atoms with Crippen molar-refractivity contribution in [1.82, 2.24) is 0 Å². The van der Waals surface area contributed by atoms with Crippen LogP contribution in [0, 0.1) is 42.4 Å². The highest BCUT2D eigenvalue weighted by Crippen LogP contribution is 2.65. The van der Waals surface area contributed by atoms with Gasteiger partial charge in [-0.15, -0.1) is 0 Å². The van der Waals surface area contributed by atoms with Gasteiger partial charge in [0, 0.05) is 15.7 Å². The van der Waals surface area contributed by atoms with Crippen LogP contribution >= 0.6 is 27.5 Å². The predicted octanol–water partition coefficient (Wildman–Crippen LogP) is 5.22. The van der Waals surface area contributed by atoms with Crippen molar-refractivity contribution in [1.29, 1.82) is 0 Å². The molecule has 1 N–H and O–H groups in total. The smallest absolute Gasteiger partial charge is 0.255 e. The van der Waals surface area contributed by atoms with E-state index in [0.29, 0.717) is 33.8 Å². The molecule has 2 saturated carbocycles. The Balaban J connectivity index is 1.23. The van der Waals surface area contributed by atoms with Crippen LogP contribution in [0.1, 0.15) is 22.3 Å². The molecule has 162 valence electrons. The molecule has 0 spiro atoms. The zero-order chi connectivity index (χ0) is 22.3. The summed E-state index contributed by atoms with van der Waals surface area (Å²) in [4.78, 5) is 40.6. The molecule has 6 atom stereocenters. The first-order chi connectivity index (χ1) is 15.4. The number of carbonyl (C=O) groups is 3. The molecule has 7 rings (SSSR count). The summed E-state index contributed by atoms with van der Waals surface area (Å²) in [5, 5.41) is 3.42. The molecule has 32 heavy (non-hydrogen) atoms. The first-order valence-electron chi connectivity index (χ1n) is 10.8. The molecule has 0 unspecified atom stereocenters. The van der Waals surface area contributed by atoms with Crippen molar-refractivity contribution in [3.8, 4) is 0 Å². The van der Waals surface area contributed by atoms with Gasteiger partial charge in [-0.2, -0.15) is 0 Å². The van der Waals surface area contributed by atoms with Gasteiger partial charge < -0.3 is 5.32 Å². The SMILES string of the molecule is Cc1c(NC(=O)c2ccc(N3C(=O)[C@@H]4[C@H]5C=C[C@H]([C@H]6C[C@H]56)[C@@H]4C3=O)cc2)ccc(Br)c1Cl. The van der Waals surface area contributed by atoms with Crippen molar-refractivity contribution >= 4 is 56.6 Å². The van der Waals surface area contributed by atoms with Crippen LogP contribution in [0.3, 0.4) is 0 Å². The Morgan fingerprint density at radius 3 is 2.19 bits per heavy atom. The molecule has 2 bridgehead atoms. The molecule has 3 amide bonds. The second-order valence-corrected chi connectivity index (χ2v) is 10.4. The van der Waals surface area contributed by atoms with Crippen LogP contribution in [0.2, 0.25) is 5.02 Å². The minimum Gasteiger partial charge on any atom is -0.322 e. The Labute approximate surface area is 198 Å². The number of amides is 3. The van der Waals surface area contributed by atoms with E-state index in [9.17, 15) is 14.4 Å². The summed E-state index contributed by atoms with van der Waals surface area (Å²) in [5.74, 6) is 0.611. The second kappa shape index (κ2) is 7.03. The van der Waals surface area contributed by atoms with E-state index in [0.717, 1.165) is 16.5 Å². The van der Waals surface area contributed by atoms with Gasteiger partial charge in [0.1, 0.15) is 0 Å². The van der Waals surface area contributed by atoms with Crippen molar-refractivity contribution in [2.24, 2.45) is 35.5 Å². The summed E-state index contributed by atoms with van der Waals surface area (Å²) in [6, 6.07) is 10.2. The molecule has 4 aliphatic carbocycles. The number of nitrogens with one attached hydrogen (secondary N) is 1. The van der Waals surface area contributed by atoms with E-state index in [1.165, 1.54) is 4.90 Å². The van der Waals surface area contributed by atoms with Gasteiger partial charge in [-0.3, -0.25) is 19.3 Å². The molecule has 0 aromatic heterocycles. The lowest BCUT2D eigenvalue weighted by molar-refractivity contribution is -0.124. The molecular formula is C25H20BrClN2O3. The summed E-state index contributed by atoms with van der Waals surface area (Å²) in [5.41, 5.74) is 2.36. The molecule has 5 nitrogen and oxygen atoms in total. The van der Waals surface area contributed by atoms with Gasteiger partial charge in [0.25, 0.3) is 5.91 Å². The molecule has 1 aliphatic heterocycles. The van der Waals surface area contributed by atoms with Crippen molar-refractivity contribution in [3.05, 3.63) is 69.2 Å². The molecule has 0 radical (unpaired) electrons. The molecule has 1 saturated heterocycles. The molecular weight excluding hydrogens is 492 g/mol. The number of hydrogen-bond donors (Lipinski definition) is 1. The highest BCUT2D eigenvalue weighted by atomic mass is 79.9. The Bertz CT molecular complexity index is 1190. The monoisotopic (exact) mass is 510 g/mol. The number of benzene rings is 2. The van der Waals surface area contributed by atoms with E-state index < -0.39 is 0 Å². The molecule has 7 heteroatoms. The molecule has 3 fully saturated rings. The number of rotatable bonds is 3. The standard InChI is InChI=1S/C25H20BrClN2O3/c1-11-19(9-8-18(26)22(11)27)28-23(30)12-2-4-13(5-3-12)29-24(31)20-14-6-7-15(17-10-16(14)17)21(20)25(29)32/h2-9,14-17,20-21H,10H2,1H3,(H,28,30)/t14-,15+,16-,17-,20+,21-/m1/s1. The minimum absolute atomic E-state index is 0.0953. The summed E-state index contributed by atoms with van der Waals surface area (Å²) < 4.78 is 0.764.